The SMILES string of the molecule is CC(C)NC(=O)c1noc2c(F)c3c(cc12)CC1(C(=O)NC(=O)NC1=O)C1[C@H](C)O[C@H](C)CN31. The Morgan fingerprint density at radius 1 is 1.26 bits per heavy atom. The quantitative estimate of drug-likeness (QED) is 0.548. The van der Waals surface area contributed by atoms with E-state index in [1.165, 1.54) is 6.07 Å². The lowest BCUT2D eigenvalue weighted by Gasteiger charge is -2.55. The molecule has 5 amide bonds. The molecule has 1 aromatic heterocycles. The topological polar surface area (TPSA) is 143 Å². The zero-order chi connectivity index (χ0) is 24.5. The van der Waals surface area contributed by atoms with Gasteiger partial charge in [0.15, 0.2) is 16.9 Å². The molecular weight excluding hydrogens is 449 g/mol. The largest absolute Gasteiger partial charge is 0.372 e. The van der Waals surface area contributed by atoms with E-state index in [4.69, 9.17) is 9.26 Å². The van der Waals surface area contributed by atoms with Crippen molar-refractivity contribution in [3.8, 4) is 0 Å². The summed E-state index contributed by atoms with van der Waals surface area (Å²) in [4.78, 5) is 52.5. The molecule has 0 aliphatic carbocycles. The second-order valence-corrected chi connectivity index (χ2v) is 9.37. The van der Waals surface area contributed by atoms with E-state index in [9.17, 15) is 19.2 Å². The Bertz CT molecular complexity index is 1240. The van der Waals surface area contributed by atoms with E-state index in [2.05, 4.69) is 21.1 Å². The average Bonchev–Trinajstić information content (AvgIpc) is 3.15. The Morgan fingerprint density at radius 3 is 2.59 bits per heavy atom. The predicted molar refractivity (Wildman–Crippen MR) is 116 cm³/mol. The van der Waals surface area contributed by atoms with Gasteiger partial charge in [-0.15, -0.1) is 0 Å². The summed E-state index contributed by atoms with van der Waals surface area (Å²) in [6, 6.07) is -0.458. The number of aromatic nitrogens is 1. The number of hydrogen-bond acceptors (Lipinski definition) is 8. The Hall–Kier alpha value is -3.54. The van der Waals surface area contributed by atoms with Crippen LogP contribution in [0.15, 0.2) is 10.6 Å². The number of nitrogens with zero attached hydrogens (tertiary/aromatic N) is 2. The van der Waals surface area contributed by atoms with E-state index in [1.54, 1.807) is 32.6 Å². The minimum atomic E-state index is -1.75. The van der Waals surface area contributed by atoms with Gasteiger partial charge in [-0.2, -0.15) is 0 Å². The Morgan fingerprint density at radius 2 is 1.94 bits per heavy atom. The molecule has 2 aromatic rings. The molecule has 0 bridgehead atoms. The Labute approximate surface area is 193 Å². The summed E-state index contributed by atoms with van der Waals surface area (Å²) < 4.78 is 27.1. The number of ether oxygens (including phenoxy) is 1. The summed E-state index contributed by atoms with van der Waals surface area (Å²) in [7, 11) is 0. The molecule has 5 rings (SSSR count). The Balaban J connectivity index is 1.73. The molecular formula is C22H24FN5O6. The molecule has 2 saturated heterocycles. The second-order valence-electron chi connectivity index (χ2n) is 9.37. The number of hydrogen-bond donors (Lipinski definition) is 3. The third-order valence-corrected chi connectivity index (χ3v) is 6.60. The smallest absolute Gasteiger partial charge is 0.328 e. The number of carbonyl (C=O) groups excluding carboxylic acids is 4. The third-order valence-electron chi connectivity index (χ3n) is 6.60. The van der Waals surface area contributed by atoms with Crippen LogP contribution in [0, 0.1) is 11.2 Å². The number of halogens is 1. The highest BCUT2D eigenvalue weighted by Gasteiger charge is 2.63. The molecule has 11 nitrogen and oxygen atoms in total. The first-order chi connectivity index (χ1) is 16.0. The van der Waals surface area contributed by atoms with Crippen molar-refractivity contribution in [1.82, 2.24) is 21.1 Å². The highest BCUT2D eigenvalue weighted by Crippen LogP contribution is 2.49. The predicted octanol–water partition coefficient (Wildman–Crippen LogP) is 0.996. The Kier molecular flexibility index (Phi) is 4.90. The van der Waals surface area contributed by atoms with E-state index in [1.807, 2.05) is 0 Å². The zero-order valence-corrected chi connectivity index (χ0v) is 19.0. The molecule has 3 aliphatic rings. The van der Waals surface area contributed by atoms with Crippen molar-refractivity contribution in [2.24, 2.45) is 5.41 Å². The standard InChI is InChI=1S/C22H24FN5O6/c1-8(2)24-18(29)14-12-5-11-6-22(19(30)25-21(32)26-20(22)31)17-10(4)33-9(3)7-28(17)15(11)13(23)16(12)34-27-14/h5,8-10,17H,6-7H2,1-4H3,(H,24,29)(H2,25,26,30,31,32)/t9-,10+,17?/m1/s1. The molecule has 3 aliphatic heterocycles. The van der Waals surface area contributed by atoms with Crippen molar-refractivity contribution >= 4 is 40.4 Å². The first kappa shape index (κ1) is 22.3. The summed E-state index contributed by atoms with van der Waals surface area (Å²) in [5.41, 5.74) is -1.56. The first-order valence-electron chi connectivity index (χ1n) is 11.0. The molecule has 180 valence electrons. The van der Waals surface area contributed by atoms with Crippen molar-refractivity contribution in [3.05, 3.63) is 23.1 Å². The number of amides is 5. The monoisotopic (exact) mass is 473 g/mol. The second kappa shape index (κ2) is 7.49. The number of anilines is 1. The number of carbonyl (C=O) groups is 4. The molecule has 0 radical (unpaired) electrons. The number of nitrogens with one attached hydrogen (secondary N) is 3. The fraction of sp³-hybridized carbons (Fsp3) is 0.500. The molecule has 1 aromatic carbocycles. The van der Waals surface area contributed by atoms with Crippen LogP contribution in [0.3, 0.4) is 0 Å². The van der Waals surface area contributed by atoms with Gasteiger partial charge >= 0.3 is 6.03 Å². The van der Waals surface area contributed by atoms with Crippen LogP contribution in [-0.4, -0.2) is 59.7 Å². The number of morpholine rings is 1. The van der Waals surface area contributed by atoms with E-state index >= 15 is 4.39 Å². The van der Waals surface area contributed by atoms with Gasteiger partial charge in [-0.3, -0.25) is 25.0 Å². The molecule has 12 heteroatoms. The van der Waals surface area contributed by atoms with Gasteiger partial charge in [-0.1, -0.05) is 5.16 Å². The molecule has 2 fully saturated rings. The average molecular weight is 473 g/mol. The van der Waals surface area contributed by atoms with Crippen molar-refractivity contribution in [2.75, 3.05) is 11.4 Å². The van der Waals surface area contributed by atoms with Crippen molar-refractivity contribution in [2.45, 2.75) is 58.4 Å². The molecule has 3 atom stereocenters. The zero-order valence-electron chi connectivity index (χ0n) is 19.0. The van der Waals surface area contributed by atoms with Crippen LogP contribution in [-0.2, 0) is 20.7 Å². The van der Waals surface area contributed by atoms with Crippen LogP contribution >= 0.6 is 0 Å². The number of benzene rings is 1. The van der Waals surface area contributed by atoms with Crippen molar-refractivity contribution in [3.63, 3.8) is 0 Å². The van der Waals surface area contributed by atoms with Gasteiger partial charge in [0.25, 0.3) is 5.91 Å². The maximum atomic E-state index is 15.9. The van der Waals surface area contributed by atoms with Gasteiger partial charge in [0, 0.05) is 19.0 Å². The highest BCUT2D eigenvalue weighted by molar-refractivity contribution is 6.20. The van der Waals surface area contributed by atoms with E-state index in [0.29, 0.717) is 5.56 Å². The lowest BCUT2D eigenvalue weighted by Crippen LogP contribution is -2.75. The van der Waals surface area contributed by atoms with Crippen molar-refractivity contribution < 1.29 is 32.8 Å². The number of barbiturate groups is 1. The molecule has 0 saturated carbocycles. The minimum absolute atomic E-state index is 0.0991. The summed E-state index contributed by atoms with van der Waals surface area (Å²) >= 11 is 0. The van der Waals surface area contributed by atoms with Gasteiger partial charge in [0.05, 0.1) is 29.3 Å². The maximum absolute atomic E-state index is 15.9. The number of fused-ring (bicyclic) bond motifs is 5. The van der Waals surface area contributed by atoms with Crippen LogP contribution < -0.4 is 20.9 Å². The molecule has 3 N–H and O–H groups in total. The van der Waals surface area contributed by atoms with Gasteiger partial charge < -0.3 is 19.5 Å². The fourth-order valence-corrected chi connectivity index (χ4v) is 5.44. The number of rotatable bonds is 2. The van der Waals surface area contributed by atoms with E-state index in [-0.39, 0.29) is 47.5 Å². The van der Waals surface area contributed by atoms with E-state index < -0.39 is 47.1 Å². The molecule has 1 unspecified atom stereocenters. The summed E-state index contributed by atoms with van der Waals surface area (Å²) in [5, 5.41) is 11.0. The highest BCUT2D eigenvalue weighted by atomic mass is 19.1. The lowest BCUT2D eigenvalue weighted by atomic mass is 9.66. The third kappa shape index (κ3) is 3.01. The molecule has 34 heavy (non-hydrogen) atoms. The normalized spacial score (nSPS) is 25.8. The van der Waals surface area contributed by atoms with E-state index in [0.717, 1.165) is 0 Å². The summed E-state index contributed by atoms with van der Waals surface area (Å²) in [5.74, 6) is -2.84. The summed E-state index contributed by atoms with van der Waals surface area (Å²) in [6.07, 6.45) is -1.18. The van der Waals surface area contributed by atoms with Crippen molar-refractivity contribution in [1.29, 1.82) is 0 Å². The van der Waals surface area contributed by atoms with Crippen LogP contribution in [0.25, 0.3) is 11.0 Å². The van der Waals surface area contributed by atoms with Crippen LogP contribution in [0.4, 0.5) is 14.9 Å². The van der Waals surface area contributed by atoms with Crippen LogP contribution in [0.5, 0.6) is 0 Å². The van der Waals surface area contributed by atoms with Crippen LogP contribution in [0.1, 0.15) is 43.7 Å². The lowest BCUT2D eigenvalue weighted by molar-refractivity contribution is -0.153. The maximum Gasteiger partial charge on any atom is 0.328 e. The van der Waals surface area contributed by atoms with Crippen LogP contribution in [0.2, 0.25) is 0 Å². The summed E-state index contributed by atoms with van der Waals surface area (Å²) in [6.45, 7) is 7.24. The fourth-order valence-electron chi connectivity index (χ4n) is 5.44. The minimum Gasteiger partial charge on any atom is -0.372 e. The van der Waals surface area contributed by atoms with Gasteiger partial charge in [0.2, 0.25) is 17.4 Å². The number of imide groups is 2. The molecule has 4 heterocycles. The number of urea groups is 1. The first-order valence-corrected chi connectivity index (χ1v) is 11.0. The van der Waals surface area contributed by atoms with Gasteiger partial charge in [-0.05, 0) is 39.3 Å². The molecule has 1 spiro atoms. The van der Waals surface area contributed by atoms with Gasteiger partial charge in [0.1, 0.15) is 0 Å². The van der Waals surface area contributed by atoms with Gasteiger partial charge in [-0.25, -0.2) is 9.18 Å².